The van der Waals surface area contributed by atoms with Gasteiger partial charge in [0.2, 0.25) is 0 Å². The number of rotatable bonds is 23. The molecule has 0 unspecified atom stereocenters. The maximum Gasteiger partial charge on any atom is 0.445 e. The Morgan fingerprint density at radius 1 is 0.784 bits per heavy atom. The number of hydrogen-bond acceptors (Lipinski definition) is 6. The first-order valence-corrected chi connectivity index (χ1v) is 17.2. The van der Waals surface area contributed by atoms with E-state index in [-0.39, 0.29) is 16.8 Å². The van der Waals surface area contributed by atoms with Crippen LogP contribution in [0.5, 0.6) is 0 Å². The highest BCUT2D eigenvalue weighted by Gasteiger charge is 2.36. The fourth-order valence-electron chi connectivity index (χ4n) is 3.62. The Labute approximate surface area is 247 Å². The molecule has 0 heterocycles. The van der Waals surface area contributed by atoms with E-state index in [1.165, 1.54) is 0 Å². The molecule has 0 aliphatic heterocycles. The Morgan fingerprint density at radius 2 is 1.32 bits per heavy atom. The third-order valence-corrected chi connectivity index (χ3v) is 8.62. The topological polar surface area (TPSA) is 127 Å². The third kappa shape index (κ3) is 22.2. The summed E-state index contributed by atoms with van der Waals surface area (Å²) in [4.78, 5) is 0. The minimum atomic E-state index is -4.79. The molecule has 0 aromatic carbocycles. The van der Waals surface area contributed by atoms with Crippen molar-refractivity contribution < 1.29 is 34.3 Å². The van der Waals surface area contributed by atoms with Crippen molar-refractivity contribution in [1.29, 1.82) is 0 Å². The lowest BCUT2D eigenvalue weighted by Gasteiger charge is -2.29. The lowest BCUT2D eigenvalue weighted by Crippen LogP contribution is -2.41. The summed E-state index contributed by atoms with van der Waals surface area (Å²) >= 11 is 31.5. The Bertz CT molecular complexity index is 842. The first kappa shape index (κ1) is 37.8. The lowest BCUT2D eigenvalue weighted by atomic mass is 10.00. The molecule has 0 aliphatic rings. The monoisotopic (exact) mass is 670 g/mol. The Morgan fingerprint density at radius 3 is 1.89 bits per heavy atom. The normalized spacial score (nSPS) is 17.2. The van der Waals surface area contributed by atoms with Crippen LogP contribution in [0.15, 0.2) is 11.3 Å². The maximum atomic E-state index is 11.4. The first-order valence-electron chi connectivity index (χ1n) is 12.4. The standard InChI is InChI=1S/C22H39Cl5O8S2/c1-2-3-4-11-14-19(25)21(27)22(35-37(31,32)33)20(26)15-17(23)12-9-7-5-6-8-10-13-18(24)16-34-36(28,29)30/h16-17,19-22H,2-15H2,1H3,(H,28,29,30)(H,31,32,33)/b18-16+/t17-,19+,20-,21+,22-/m1/s1. The summed E-state index contributed by atoms with van der Waals surface area (Å²) in [6.45, 7) is 2.09. The fourth-order valence-corrected chi connectivity index (χ4v) is 6.33. The second kappa shape index (κ2) is 20.6. The molecule has 15 heteroatoms. The molecule has 0 fully saturated rings. The number of alkyl halides is 4. The minimum Gasteiger partial charge on any atom is -0.369 e. The Balaban J connectivity index is 4.39. The zero-order valence-electron chi connectivity index (χ0n) is 20.9. The van der Waals surface area contributed by atoms with E-state index in [2.05, 4.69) is 11.1 Å². The molecule has 0 aromatic heterocycles. The molecule has 0 rings (SSSR count). The molecule has 0 saturated carbocycles. The molecule has 2 N–H and O–H groups in total. The van der Waals surface area contributed by atoms with Gasteiger partial charge < -0.3 is 4.18 Å². The SMILES string of the molecule is CCCCCC[C@H](Cl)[C@H](Cl)[C@H](OS(=O)(=O)O)[C@H](Cl)C[C@H](Cl)CCCCCCCC/C(Cl)=C\OS(=O)(=O)O. The van der Waals surface area contributed by atoms with Gasteiger partial charge >= 0.3 is 20.8 Å². The quantitative estimate of drug-likeness (QED) is 0.0484. The summed E-state index contributed by atoms with van der Waals surface area (Å²) in [6, 6.07) is 0. The van der Waals surface area contributed by atoms with Crippen molar-refractivity contribution in [1.82, 2.24) is 0 Å². The van der Waals surface area contributed by atoms with E-state index in [0.29, 0.717) is 19.3 Å². The van der Waals surface area contributed by atoms with Crippen molar-refractivity contribution in [2.24, 2.45) is 0 Å². The zero-order valence-corrected chi connectivity index (χ0v) is 26.3. The summed E-state index contributed by atoms with van der Waals surface area (Å²) in [5, 5.41) is -2.53. The second-order valence-electron chi connectivity index (χ2n) is 8.90. The summed E-state index contributed by atoms with van der Waals surface area (Å²) in [6.07, 6.45) is 10.7. The fraction of sp³-hybridized carbons (Fsp3) is 0.909. The van der Waals surface area contributed by atoms with Crippen LogP contribution in [0, 0.1) is 0 Å². The molecule has 5 atom stereocenters. The van der Waals surface area contributed by atoms with Gasteiger partial charge in [-0.25, -0.2) is 4.18 Å². The van der Waals surface area contributed by atoms with Crippen LogP contribution in [0.3, 0.4) is 0 Å². The van der Waals surface area contributed by atoms with E-state index in [0.717, 1.165) is 70.5 Å². The van der Waals surface area contributed by atoms with E-state index >= 15 is 0 Å². The summed E-state index contributed by atoms with van der Waals surface area (Å²) in [5.41, 5.74) is 0. The second-order valence-corrected chi connectivity index (χ2v) is 13.7. The van der Waals surface area contributed by atoms with Gasteiger partial charge in [0.1, 0.15) is 12.4 Å². The number of unbranched alkanes of at least 4 members (excludes halogenated alkanes) is 8. The van der Waals surface area contributed by atoms with Crippen molar-refractivity contribution in [2.45, 2.75) is 124 Å². The first-order chi connectivity index (χ1) is 17.2. The maximum absolute atomic E-state index is 11.4. The largest absolute Gasteiger partial charge is 0.445 e. The lowest BCUT2D eigenvalue weighted by molar-refractivity contribution is 0.165. The summed E-state index contributed by atoms with van der Waals surface area (Å²) < 4.78 is 70.3. The van der Waals surface area contributed by atoms with Crippen LogP contribution >= 0.6 is 58.0 Å². The van der Waals surface area contributed by atoms with Crippen LogP contribution in [-0.4, -0.2) is 53.6 Å². The van der Waals surface area contributed by atoms with Crippen LogP contribution in [-0.2, 0) is 29.2 Å². The van der Waals surface area contributed by atoms with Crippen molar-refractivity contribution in [3.05, 3.63) is 11.3 Å². The van der Waals surface area contributed by atoms with Crippen LogP contribution in [0.2, 0.25) is 0 Å². The molecule has 0 saturated heterocycles. The highest BCUT2D eigenvalue weighted by atomic mass is 35.5. The predicted molar refractivity (Wildman–Crippen MR) is 152 cm³/mol. The summed E-state index contributed by atoms with van der Waals surface area (Å²) in [5.74, 6) is 0. The van der Waals surface area contributed by atoms with E-state index in [1.54, 1.807) is 0 Å². The van der Waals surface area contributed by atoms with Gasteiger partial charge in [-0.1, -0.05) is 76.3 Å². The highest BCUT2D eigenvalue weighted by molar-refractivity contribution is 7.81. The number of halogens is 5. The van der Waals surface area contributed by atoms with Gasteiger partial charge in [-0.2, -0.15) is 16.8 Å². The minimum absolute atomic E-state index is 0.200. The molecule has 0 aliphatic carbocycles. The molecule has 0 bridgehead atoms. The Kier molecular flexibility index (Phi) is 21.0. The van der Waals surface area contributed by atoms with Gasteiger partial charge in [0, 0.05) is 5.38 Å². The molecule has 0 amide bonds. The predicted octanol–water partition coefficient (Wildman–Crippen LogP) is 7.98. The van der Waals surface area contributed by atoms with Crippen LogP contribution in [0.25, 0.3) is 0 Å². The van der Waals surface area contributed by atoms with Crippen molar-refractivity contribution in [3.8, 4) is 0 Å². The van der Waals surface area contributed by atoms with Gasteiger partial charge in [0.25, 0.3) is 0 Å². The average molecular weight is 673 g/mol. The number of hydrogen-bond donors (Lipinski definition) is 2. The smallest absolute Gasteiger partial charge is 0.369 e. The van der Waals surface area contributed by atoms with Crippen molar-refractivity contribution in [2.75, 3.05) is 0 Å². The van der Waals surface area contributed by atoms with Crippen LogP contribution < -0.4 is 0 Å². The highest BCUT2D eigenvalue weighted by Crippen LogP contribution is 2.30. The molecule has 37 heavy (non-hydrogen) atoms. The third-order valence-electron chi connectivity index (χ3n) is 5.54. The number of allylic oxidation sites excluding steroid dienone is 1. The van der Waals surface area contributed by atoms with E-state index in [4.69, 9.17) is 66.7 Å². The van der Waals surface area contributed by atoms with E-state index in [9.17, 15) is 21.4 Å². The molecule has 0 spiro atoms. The molecule has 0 aromatic rings. The van der Waals surface area contributed by atoms with Crippen LogP contribution in [0.4, 0.5) is 0 Å². The van der Waals surface area contributed by atoms with Crippen LogP contribution in [0.1, 0.15) is 96.8 Å². The summed E-state index contributed by atoms with van der Waals surface area (Å²) in [7, 11) is -9.33. The zero-order chi connectivity index (χ0) is 28.5. The van der Waals surface area contributed by atoms with E-state index in [1.807, 2.05) is 0 Å². The molecule has 8 nitrogen and oxygen atoms in total. The van der Waals surface area contributed by atoms with Gasteiger partial charge in [-0.05, 0) is 32.1 Å². The van der Waals surface area contributed by atoms with Crippen molar-refractivity contribution in [3.63, 3.8) is 0 Å². The van der Waals surface area contributed by atoms with Gasteiger partial charge in [-0.15, -0.1) is 46.4 Å². The molecule has 0 radical (unpaired) electrons. The Hall–Kier alpha value is 0.770. The van der Waals surface area contributed by atoms with Gasteiger partial charge in [0.05, 0.1) is 21.2 Å². The molecular formula is C22H39Cl5O8S2. The van der Waals surface area contributed by atoms with Gasteiger partial charge in [0.15, 0.2) is 0 Å². The van der Waals surface area contributed by atoms with Gasteiger partial charge in [-0.3, -0.25) is 9.11 Å². The molecular weight excluding hydrogens is 634 g/mol. The average Bonchev–Trinajstić information content (AvgIpc) is 2.78. The van der Waals surface area contributed by atoms with Crippen molar-refractivity contribution >= 4 is 78.8 Å². The van der Waals surface area contributed by atoms with E-state index < -0.39 is 43.0 Å². The molecule has 222 valence electrons.